The van der Waals surface area contributed by atoms with Gasteiger partial charge in [0, 0.05) is 51.7 Å². The molecule has 1 aromatic heterocycles. The maximum absolute atomic E-state index is 12.3. The molecule has 0 unspecified atom stereocenters. The summed E-state index contributed by atoms with van der Waals surface area (Å²) in [5.41, 5.74) is 0. The molecule has 1 atom stereocenters. The van der Waals surface area contributed by atoms with Crippen LogP contribution in [0.15, 0.2) is 12.4 Å². The van der Waals surface area contributed by atoms with Crippen LogP contribution < -0.4 is 5.32 Å². The van der Waals surface area contributed by atoms with Gasteiger partial charge in [0.1, 0.15) is 5.82 Å². The first-order valence-electron chi connectivity index (χ1n) is 9.47. The van der Waals surface area contributed by atoms with Crippen molar-refractivity contribution in [2.45, 2.75) is 38.3 Å². The topological polar surface area (TPSA) is 73.5 Å². The molecule has 3 heterocycles. The number of amides is 1. The molecule has 1 amide bonds. The number of nitrogens with one attached hydrogen (secondary N) is 2. The van der Waals surface area contributed by atoms with Crippen molar-refractivity contribution < 1.29 is 9.53 Å². The van der Waals surface area contributed by atoms with E-state index in [-0.39, 0.29) is 11.8 Å². The van der Waals surface area contributed by atoms with Gasteiger partial charge in [-0.25, -0.2) is 4.98 Å². The van der Waals surface area contributed by atoms with Crippen molar-refractivity contribution in [2.75, 3.05) is 46.4 Å². The van der Waals surface area contributed by atoms with Crippen molar-refractivity contribution in [1.82, 2.24) is 25.1 Å². The molecule has 2 aliphatic rings. The van der Waals surface area contributed by atoms with Crippen molar-refractivity contribution in [3.8, 4) is 0 Å². The third kappa shape index (κ3) is 5.26. The van der Waals surface area contributed by atoms with E-state index < -0.39 is 0 Å². The van der Waals surface area contributed by atoms with E-state index in [0.717, 1.165) is 51.4 Å². The van der Waals surface area contributed by atoms with Gasteiger partial charge in [-0.15, -0.1) is 0 Å². The molecule has 0 spiro atoms. The Bertz CT molecular complexity index is 514. The molecule has 0 bridgehead atoms. The zero-order valence-electron chi connectivity index (χ0n) is 15.2. The molecule has 25 heavy (non-hydrogen) atoms. The second kappa shape index (κ2) is 9.31. The Balaban J connectivity index is 1.42. The molecule has 3 rings (SSSR count). The minimum atomic E-state index is 0.131. The summed E-state index contributed by atoms with van der Waals surface area (Å²) >= 11 is 0. The van der Waals surface area contributed by atoms with Crippen LogP contribution in [0.2, 0.25) is 0 Å². The Kier molecular flexibility index (Phi) is 6.84. The van der Waals surface area contributed by atoms with Crippen LogP contribution in [0.4, 0.5) is 0 Å². The lowest BCUT2D eigenvalue weighted by molar-refractivity contribution is -0.127. The Morgan fingerprint density at radius 1 is 1.36 bits per heavy atom. The third-order valence-electron chi connectivity index (χ3n) is 5.43. The molecule has 0 aliphatic carbocycles. The standard InChI is InChI=1S/C18H31N5O2/c1-25-12-8-21-18(24)15-3-2-9-23(13-15)16-4-10-22(11-5-16)14-17-19-6-7-20-17/h6-7,15-16H,2-5,8-14H2,1H3,(H,19,20)(H,21,24)/t15-/m1/s1. The fraction of sp³-hybridized carbons (Fsp3) is 0.778. The summed E-state index contributed by atoms with van der Waals surface area (Å²) in [4.78, 5) is 24.8. The van der Waals surface area contributed by atoms with Crippen LogP contribution >= 0.6 is 0 Å². The minimum Gasteiger partial charge on any atom is -0.383 e. The van der Waals surface area contributed by atoms with E-state index in [1.165, 1.54) is 12.8 Å². The molecule has 0 aromatic carbocycles. The summed E-state index contributed by atoms with van der Waals surface area (Å²) in [6.45, 7) is 6.34. The molecule has 0 radical (unpaired) electrons. The molecular formula is C18H31N5O2. The van der Waals surface area contributed by atoms with Crippen LogP contribution in [-0.2, 0) is 16.1 Å². The summed E-state index contributed by atoms with van der Waals surface area (Å²) in [5, 5.41) is 3.00. The van der Waals surface area contributed by atoms with Crippen LogP contribution in [0.25, 0.3) is 0 Å². The number of likely N-dealkylation sites (tertiary alicyclic amines) is 2. The number of methoxy groups -OCH3 is 1. The first-order chi connectivity index (χ1) is 12.3. The highest BCUT2D eigenvalue weighted by atomic mass is 16.5. The van der Waals surface area contributed by atoms with Crippen LogP contribution in [-0.4, -0.2) is 78.2 Å². The molecule has 2 saturated heterocycles. The monoisotopic (exact) mass is 349 g/mol. The molecule has 140 valence electrons. The highest BCUT2D eigenvalue weighted by Gasteiger charge is 2.31. The number of hydrogen-bond acceptors (Lipinski definition) is 5. The fourth-order valence-corrected chi connectivity index (χ4v) is 4.01. The van der Waals surface area contributed by atoms with Gasteiger partial charge in [0.15, 0.2) is 0 Å². The van der Waals surface area contributed by atoms with E-state index >= 15 is 0 Å². The van der Waals surface area contributed by atoms with Gasteiger partial charge >= 0.3 is 0 Å². The average Bonchev–Trinajstić information content (AvgIpc) is 3.16. The number of aromatic nitrogens is 2. The quantitative estimate of drug-likeness (QED) is 0.714. The van der Waals surface area contributed by atoms with Crippen molar-refractivity contribution in [3.63, 3.8) is 0 Å². The normalized spacial score (nSPS) is 23.6. The predicted octanol–water partition coefficient (Wildman–Crippen LogP) is 0.849. The van der Waals surface area contributed by atoms with Crippen LogP contribution in [0.1, 0.15) is 31.5 Å². The number of rotatable bonds is 7. The van der Waals surface area contributed by atoms with Crippen molar-refractivity contribution in [2.24, 2.45) is 5.92 Å². The predicted molar refractivity (Wildman–Crippen MR) is 96.1 cm³/mol. The van der Waals surface area contributed by atoms with E-state index in [4.69, 9.17) is 4.74 Å². The molecule has 7 heteroatoms. The maximum atomic E-state index is 12.3. The second-order valence-corrected chi connectivity index (χ2v) is 7.16. The van der Waals surface area contributed by atoms with Gasteiger partial charge < -0.3 is 15.0 Å². The number of aromatic amines is 1. The van der Waals surface area contributed by atoms with E-state index in [1.54, 1.807) is 7.11 Å². The van der Waals surface area contributed by atoms with Crippen LogP contribution in [0.5, 0.6) is 0 Å². The second-order valence-electron chi connectivity index (χ2n) is 7.16. The summed E-state index contributed by atoms with van der Waals surface area (Å²) in [5.74, 6) is 1.37. The largest absolute Gasteiger partial charge is 0.383 e. The first-order valence-corrected chi connectivity index (χ1v) is 9.47. The number of H-pyrrole nitrogens is 1. The van der Waals surface area contributed by atoms with Gasteiger partial charge in [-0.1, -0.05) is 0 Å². The minimum absolute atomic E-state index is 0.131. The lowest BCUT2D eigenvalue weighted by Gasteiger charge is -2.41. The smallest absolute Gasteiger partial charge is 0.224 e. The molecule has 2 fully saturated rings. The zero-order chi connectivity index (χ0) is 17.5. The maximum Gasteiger partial charge on any atom is 0.224 e. The molecule has 7 nitrogen and oxygen atoms in total. The first kappa shape index (κ1) is 18.4. The van der Waals surface area contributed by atoms with Gasteiger partial charge in [0.05, 0.1) is 19.1 Å². The van der Waals surface area contributed by atoms with E-state index in [9.17, 15) is 4.79 Å². The zero-order valence-corrected chi connectivity index (χ0v) is 15.2. The number of carbonyl (C=O) groups is 1. The van der Waals surface area contributed by atoms with E-state index in [2.05, 4.69) is 25.1 Å². The summed E-state index contributed by atoms with van der Waals surface area (Å²) < 4.78 is 5.01. The molecule has 2 N–H and O–H groups in total. The fourth-order valence-electron chi connectivity index (χ4n) is 4.01. The summed E-state index contributed by atoms with van der Waals surface area (Å²) in [6.07, 6.45) is 8.18. The number of hydrogen-bond donors (Lipinski definition) is 2. The average molecular weight is 349 g/mol. The highest BCUT2D eigenvalue weighted by molar-refractivity contribution is 5.78. The lowest BCUT2D eigenvalue weighted by atomic mass is 9.93. The van der Waals surface area contributed by atoms with Crippen molar-refractivity contribution in [1.29, 1.82) is 0 Å². The van der Waals surface area contributed by atoms with E-state index in [1.807, 2.05) is 12.4 Å². The lowest BCUT2D eigenvalue weighted by Crippen LogP contribution is -2.50. The van der Waals surface area contributed by atoms with E-state index in [0.29, 0.717) is 19.2 Å². The Morgan fingerprint density at radius 2 is 2.20 bits per heavy atom. The summed E-state index contributed by atoms with van der Waals surface area (Å²) in [6, 6.07) is 0.613. The molecule has 1 aromatic rings. The molecular weight excluding hydrogens is 318 g/mol. The third-order valence-corrected chi connectivity index (χ3v) is 5.43. The number of ether oxygens (including phenoxy) is 1. The van der Waals surface area contributed by atoms with Gasteiger partial charge in [-0.2, -0.15) is 0 Å². The number of nitrogens with zero attached hydrogens (tertiary/aromatic N) is 3. The Hall–Kier alpha value is -1.44. The molecule has 2 aliphatic heterocycles. The van der Waals surface area contributed by atoms with Crippen molar-refractivity contribution >= 4 is 5.91 Å². The van der Waals surface area contributed by atoms with Gasteiger partial charge in [-0.3, -0.25) is 14.6 Å². The SMILES string of the molecule is COCCNC(=O)[C@@H]1CCCN(C2CCN(Cc3ncc[nH]3)CC2)C1. The number of carbonyl (C=O) groups excluding carboxylic acids is 1. The van der Waals surface area contributed by atoms with Crippen molar-refractivity contribution in [3.05, 3.63) is 18.2 Å². The van der Waals surface area contributed by atoms with Crippen LogP contribution in [0, 0.1) is 5.92 Å². The van der Waals surface area contributed by atoms with Gasteiger partial charge in [0.25, 0.3) is 0 Å². The number of piperidine rings is 2. The van der Waals surface area contributed by atoms with Crippen LogP contribution in [0.3, 0.4) is 0 Å². The van der Waals surface area contributed by atoms with Gasteiger partial charge in [0.2, 0.25) is 5.91 Å². The Morgan fingerprint density at radius 3 is 2.92 bits per heavy atom. The number of imidazole rings is 1. The Labute approximate surface area is 150 Å². The molecule has 0 saturated carbocycles. The van der Waals surface area contributed by atoms with Gasteiger partial charge in [-0.05, 0) is 32.2 Å². The summed E-state index contributed by atoms with van der Waals surface area (Å²) in [7, 11) is 1.66. The highest BCUT2D eigenvalue weighted by Crippen LogP contribution is 2.24.